The summed E-state index contributed by atoms with van der Waals surface area (Å²) in [6, 6.07) is 5.10. The molecule has 3 N–H and O–H groups in total. The Kier molecular flexibility index (Phi) is 4.51. The van der Waals surface area contributed by atoms with Crippen molar-refractivity contribution in [3.05, 3.63) is 23.8 Å². The molecule has 0 spiro atoms. The first kappa shape index (κ1) is 13.0. The third kappa shape index (κ3) is 3.79. The van der Waals surface area contributed by atoms with E-state index in [1.54, 1.807) is 18.2 Å². The van der Waals surface area contributed by atoms with Crippen LogP contribution in [0.15, 0.2) is 18.2 Å². The van der Waals surface area contributed by atoms with Crippen molar-refractivity contribution in [3.8, 4) is 0 Å². The third-order valence-corrected chi connectivity index (χ3v) is 2.32. The fraction of sp³-hybridized carbons (Fsp3) is 0.333. The highest BCUT2D eigenvalue weighted by atomic mass is 16.5. The number of carbonyl (C=O) groups is 2. The Morgan fingerprint density at radius 1 is 1.41 bits per heavy atom. The van der Waals surface area contributed by atoms with Gasteiger partial charge in [0.1, 0.15) is 0 Å². The molecule has 0 amide bonds. The van der Waals surface area contributed by atoms with Gasteiger partial charge in [0.15, 0.2) is 5.78 Å². The second kappa shape index (κ2) is 5.89. The number of hydrogen-bond donors (Lipinski definition) is 2. The number of nitrogens with two attached hydrogens (primary N) is 1. The fourth-order valence-electron chi connectivity index (χ4n) is 1.38. The molecule has 0 heterocycles. The average molecular weight is 236 g/mol. The number of ether oxygens (including phenoxy) is 1. The maximum absolute atomic E-state index is 11.3. The van der Waals surface area contributed by atoms with E-state index < -0.39 is 0 Å². The lowest BCUT2D eigenvalue weighted by Crippen LogP contribution is -2.10. The smallest absolute Gasteiger partial charge is 0.307 e. The summed E-state index contributed by atoms with van der Waals surface area (Å²) in [4.78, 5) is 22.2. The molecule has 0 aliphatic rings. The van der Waals surface area contributed by atoms with Crippen molar-refractivity contribution in [1.29, 1.82) is 0 Å². The molecule has 0 fully saturated rings. The zero-order chi connectivity index (χ0) is 12.8. The number of methoxy groups -OCH3 is 1. The molecule has 0 saturated heterocycles. The van der Waals surface area contributed by atoms with Crippen molar-refractivity contribution >= 4 is 23.1 Å². The zero-order valence-electron chi connectivity index (χ0n) is 9.95. The summed E-state index contributed by atoms with van der Waals surface area (Å²) in [6.45, 7) is 1.91. The summed E-state index contributed by atoms with van der Waals surface area (Å²) in [6.07, 6.45) is 0.274. The van der Waals surface area contributed by atoms with E-state index in [2.05, 4.69) is 10.1 Å². The molecule has 0 radical (unpaired) electrons. The van der Waals surface area contributed by atoms with Crippen LogP contribution in [0.5, 0.6) is 0 Å². The summed E-state index contributed by atoms with van der Waals surface area (Å²) < 4.78 is 4.52. The van der Waals surface area contributed by atoms with Crippen molar-refractivity contribution in [1.82, 2.24) is 0 Å². The van der Waals surface area contributed by atoms with E-state index in [1.807, 2.05) is 0 Å². The van der Waals surface area contributed by atoms with E-state index in [0.717, 1.165) is 5.69 Å². The summed E-state index contributed by atoms with van der Waals surface area (Å²) >= 11 is 0. The van der Waals surface area contributed by atoms with E-state index in [1.165, 1.54) is 14.0 Å². The van der Waals surface area contributed by atoms with Gasteiger partial charge in [0.25, 0.3) is 0 Å². The SMILES string of the molecule is COC(=O)CCNc1ccc(N)c(C(C)=O)c1. The molecule has 1 aromatic carbocycles. The van der Waals surface area contributed by atoms with Crippen molar-refractivity contribution in [2.75, 3.05) is 24.7 Å². The van der Waals surface area contributed by atoms with Crippen LogP contribution in [-0.4, -0.2) is 25.4 Å². The van der Waals surface area contributed by atoms with Crippen LogP contribution in [-0.2, 0) is 9.53 Å². The first-order valence-corrected chi connectivity index (χ1v) is 5.25. The van der Waals surface area contributed by atoms with Crippen molar-refractivity contribution in [2.45, 2.75) is 13.3 Å². The van der Waals surface area contributed by atoms with Gasteiger partial charge in [-0.25, -0.2) is 0 Å². The van der Waals surface area contributed by atoms with E-state index >= 15 is 0 Å². The standard InChI is InChI=1S/C12H16N2O3/c1-8(15)10-7-9(3-4-11(10)13)14-6-5-12(16)17-2/h3-4,7,14H,5-6,13H2,1-2H3. The number of esters is 1. The highest BCUT2D eigenvalue weighted by Gasteiger charge is 2.06. The maximum atomic E-state index is 11.3. The van der Waals surface area contributed by atoms with Crippen LogP contribution in [0.4, 0.5) is 11.4 Å². The molecule has 1 aromatic rings. The first-order valence-electron chi connectivity index (χ1n) is 5.25. The quantitative estimate of drug-likeness (QED) is 0.459. The van der Waals surface area contributed by atoms with Crippen molar-refractivity contribution in [3.63, 3.8) is 0 Å². The van der Waals surface area contributed by atoms with E-state index in [0.29, 0.717) is 17.8 Å². The molecule has 5 heteroatoms. The van der Waals surface area contributed by atoms with Gasteiger partial charge in [-0.3, -0.25) is 9.59 Å². The Morgan fingerprint density at radius 2 is 2.12 bits per heavy atom. The lowest BCUT2D eigenvalue weighted by molar-refractivity contribution is -0.140. The highest BCUT2D eigenvalue weighted by molar-refractivity contribution is 6.00. The summed E-state index contributed by atoms with van der Waals surface area (Å²) in [7, 11) is 1.35. The van der Waals surface area contributed by atoms with Crippen LogP contribution in [0.25, 0.3) is 0 Å². The molecule has 92 valence electrons. The predicted octanol–water partition coefficient (Wildman–Crippen LogP) is 1.45. The molecule has 0 aliphatic heterocycles. The van der Waals surface area contributed by atoms with Crippen LogP contribution in [0, 0.1) is 0 Å². The third-order valence-electron chi connectivity index (χ3n) is 2.32. The van der Waals surface area contributed by atoms with Crippen molar-refractivity contribution < 1.29 is 14.3 Å². The van der Waals surface area contributed by atoms with Crippen molar-refractivity contribution in [2.24, 2.45) is 0 Å². The first-order chi connectivity index (χ1) is 8.04. The highest BCUT2D eigenvalue weighted by Crippen LogP contribution is 2.18. The van der Waals surface area contributed by atoms with Gasteiger partial charge in [0.05, 0.1) is 13.5 Å². The van der Waals surface area contributed by atoms with E-state index in [4.69, 9.17) is 5.73 Å². The molecule has 0 atom stereocenters. The Bertz CT molecular complexity index is 430. The minimum atomic E-state index is -0.278. The number of nitrogen functional groups attached to an aromatic ring is 1. The molecule has 0 unspecified atom stereocenters. The average Bonchev–Trinajstić information content (AvgIpc) is 2.30. The summed E-state index contributed by atoms with van der Waals surface area (Å²) in [5.41, 5.74) is 7.36. The van der Waals surface area contributed by atoms with Gasteiger partial charge < -0.3 is 15.8 Å². The normalized spacial score (nSPS) is 9.76. The Labute approximate surface area is 99.9 Å². The van der Waals surface area contributed by atoms with Crippen LogP contribution in [0.1, 0.15) is 23.7 Å². The number of rotatable bonds is 5. The van der Waals surface area contributed by atoms with Gasteiger partial charge in [0, 0.05) is 23.5 Å². The van der Waals surface area contributed by atoms with E-state index in [-0.39, 0.29) is 18.2 Å². The molecular formula is C12H16N2O3. The van der Waals surface area contributed by atoms with Gasteiger partial charge >= 0.3 is 5.97 Å². The largest absolute Gasteiger partial charge is 0.469 e. The minimum absolute atomic E-state index is 0.0842. The van der Waals surface area contributed by atoms with Crippen LogP contribution in [0.2, 0.25) is 0 Å². The molecule has 0 bridgehead atoms. The molecule has 17 heavy (non-hydrogen) atoms. The monoisotopic (exact) mass is 236 g/mol. The Balaban J connectivity index is 2.63. The maximum Gasteiger partial charge on any atom is 0.307 e. The number of hydrogen-bond acceptors (Lipinski definition) is 5. The lowest BCUT2D eigenvalue weighted by atomic mass is 10.1. The second-order valence-corrected chi connectivity index (χ2v) is 3.61. The minimum Gasteiger partial charge on any atom is -0.469 e. The van der Waals surface area contributed by atoms with Gasteiger partial charge in [-0.2, -0.15) is 0 Å². The number of Topliss-reactive ketones (excluding diaryl/α,β-unsaturated/α-hetero) is 1. The Hall–Kier alpha value is -2.04. The van der Waals surface area contributed by atoms with Gasteiger partial charge in [-0.15, -0.1) is 0 Å². The number of anilines is 2. The summed E-state index contributed by atoms with van der Waals surface area (Å²) in [5, 5.41) is 3.02. The number of benzene rings is 1. The number of nitrogens with one attached hydrogen (secondary N) is 1. The van der Waals surface area contributed by atoms with Crippen LogP contribution >= 0.6 is 0 Å². The van der Waals surface area contributed by atoms with Crippen LogP contribution in [0.3, 0.4) is 0 Å². The lowest BCUT2D eigenvalue weighted by Gasteiger charge is -2.08. The number of ketones is 1. The molecule has 0 saturated carbocycles. The number of carbonyl (C=O) groups excluding carboxylic acids is 2. The molecule has 5 nitrogen and oxygen atoms in total. The second-order valence-electron chi connectivity index (χ2n) is 3.61. The Morgan fingerprint density at radius 3 is 2.71 bits per heavy atom. The van der Waals surface area contributed by atoms with E-state index in [9.17, 15) is 9.59 Å². The van der Waals surface area contributed by atoms with Gasteiger partial charge in [0.2, 0.25) is 0 Å². The topological polar surface area (TPSA) is 81.4 Å². The van der Waals surface area contributed by atoms with Gasteiger partial charge in [-0.1, -0.05) is 0 Å². The fourth-order valence-corrected chi connectivity index (χ4v) is 1.38. The van der Waals surface area contributed by atoms with Gasteiger partial charge in [-0.05, 0) is 25.1 Å². The molecular weight excluding hydrogens is 220 g/mol. The van der Waals surface area contributed by atoms with Crippen LogP contribution < -0.4 is 11.1 Å². The molecule has 0 aromatic heterocycles. The summed E-state index contributed by atoms with van der Waals surface area (Å²) in [5.74, 6) is -0.362. The molecule has 1 rings (SSSR count). The zero-order valence-corrected chi connectivity index (χ0v) is 9.95. The predicted molar refractivity (Wildman–Crippen MR) is 66.0 cm³/mol. The molecule has 0 aliphatic carbocycles.